The third kappa shape index (κ3) is 4.73. The van der Waals surface area contributed by atoms with Crippen molar-refractivity contribution >= 4 is 6.09 Å². The first-order chi connectivity index (χ1) is 6.28. The summed E-state index contributed by atoms with van der Waals surface area (Å²) in [7, 11) is 0. The summed E-state index contributed by atoms with van der Waals surface area (Å²) in [5.41, 5.74) is -0.614. The molecule has 0 aromatic carbocycles. The van der Waals surface area contributed by atoms with E-state index < -0.39 is 17.7 Å². The zero-order valence-corrected chi connectivity index (χ0v) is 9.29. The van der Waals surface area contributed by atoms with E-state index in [0.29, 0.717) is 5.06 Å². The second kappa shape index (κ2) is 4.87. The van der Waals surface area contributed by atoms with E-state index in [4.69, 9.17) is 4.74 Å². The fourth-order valence-corrected chi connectivity index (χ4v) is 0.737. The summed E-state index contributed by atoms with van der Waals surface area (Å²) in [5, 5.41) is 9.82. The van der Waals surface area contributed by atoms with Crippen LogP contribution in [0.25, 0.3) is 0 Å². The molecule has 0 rings (SSSR count). The maximum Gasteiger partial charge on any atom is 0.435 e. The molecule has 4 nitrogen and oxygen atoms in total. The summed E-state index contributed by atoms with van der Waals surface area (Å²) in [5.74, 6) is 5.24. The van der Waals surface area contributed by atoms with Gasteiger partial charge in [0, 0.05) is 0 Å². The van der Waals surface area contributed by atoms with Crippen LogP contribution in [0, 0.1) is 11.8 Å². The standard InChI is InChI=1S/C10H17NO3/c1-6-7-8(2)11(13)9(12)14-10(3,4)5/h8,13H,1-5H3. The average molecular weight is 199 g/mol. The first kappa shape index (κ1) is 12.8. The zero-order valence-electron chi connectivity index (χ0n) is 9.29. The molecule has 14 heavy (non-hydrogen) atoms. The Kier molecular flexibility index (Phi) is 4.45. The van der Waals surface area contributed by atoms with Crippen molar-refractivity contribution in [1.29, 1.82) is 0 Å². The van der Waals surface area contributed by atoms with Crippen molar-refractivity contribution in [2.24, 2.45) is 0 Å². The van der Waals surface area contributed by atoms with Crippen molar-refractivity contribution in [2.75, 3.05) is 0 Å². The van der Waals surface area contributed by atoms with E-state index in [2.05, 4.69) is 11.8 Å². The van der Waals surface area contributed by atoms with Gasteiger partial charge in [-0.1, -0.05) is 5.92 Å². The van der Waals surface area contributed by atoms with Crippen LogP contribution in [0.3, 0.4) is 0 Å². The number of hydrogen-bond donors (Lipinski definition) is 1. The number of nitrogens with zero attached hydrogens (tertiary/aromatic N) is 1. The van der Waals surface area contributed by atoms with Gasteiger partial charge in [0.05, 0.1) is 0 Å². The molecule has 1 N–H and O–H groups in total. The molecule has 1 unspecified atom stereocenters. The predicted octanol–water partition coefficient (Wildman–Crippen LogP) is 2.02. The lowest BCUT2D eigenvalue weighted by Gasteiger charge is -2.24. The smallest absolute Gasteiger partial charge is 0.435 e. The van der Waals surface area contributed by atoms with Crippen LogP contribution in [0.5, 0.6) is 0 Å². The Morgan fingerprint density at radius 1 is 1.50 bits per heavy atom. The Balaban J connectivity index is 4.31. The Hall–Kier alpha value is -1.21. The van der Waals surface area contributed by atoms with Gasteiger partial charge >= 0.3 is 6.09 Å². The topological polar surface area (TPSA) is 49.8 Å². The summed E-state index contributed by atoms with van der Waals surface area (Å²) in [6, 6.07) is -0.560. The molecule has 0 aromatic rings. The van der Waals surface area contributed by atoms with Crippen LogP contribution in [-0.2, 0) is 4.74 Å². The lowest BCUT2D eigenvalue weighted by atomic mass is 10.2. The van der Waals surface area contributed by atoms with Gasteiger partial charge in [-0.15, -0.1) is 5.92 Å². The highest BCUT2D eigenvalue weighted by atomic mass is 16.6. The molecule has 0 aliphatic carbocycles. The van der Waals surface area contributed by atoms with Gasteiger partial charge in [-0.25, -0.2) is 4.79 Å². The van der Waals surface area contributed by atoms with Gasteiger partial charge in [0.15, 0.2) is 0 Å². The van der Waals surface area contributed by atoms with Gasteiger partial charge in [0.1, 0.15) is 11.6 Å². The van der Waals surface area contributed by atoms with Crippen molar-refractivity contribution in [3.05, 3.63) is 0 Å². The molecule has 4 heteroatoms. The van der Waals surface area contributed by atoms with Crippen molar-refractivity contribution in [1.82, 2.24) is 5.06 Å². The van der Waals surface area contributed by atoms with Gasteiger partial charge in [0.2, 0.25) is 0 Å². The highest BCUT2D eigenvalue weighted by Gasteiger charge is 2.23. The highest BCUT2D eigenvalue weighted by Crippen LogP contribution is 2.10. The molecule has 0 saturated carbocycles. The zero-order chi connectivity index (χ0) is 11.4. The third-order valence-corrected chi connectivity index (χ3v) is 1.30. The molecule has 0 aromatic heterocycles. The number of carbonyl (C=O) groups is 1. The lowest BCUT2D eigenvalue weighted by molar-refractivity contribution is -0.104. The molecule has 0 fully saturated rings. The van der Waals surface area contributed by atoms with Gasteiger partial charge < -0.3 is 4.74 Å². The van der Waals surface area contributed by atoms with E-state index in [-0.39, 0.29) is 0 Å². The van der Waals surface area contributed by atoms with Crippen LogP contribution in [0.4, 0.5) is 4.79 Å². The maximum atomic E-state index is 11.3. The largest absolute Gasteiger partial charge is 0.442 e. The predicted molar refractivity (Wildman–Crippen MR) is 52.8 cm³/mol. The fraction of sp³-hybridized carbons (Fsp3) is 0.700. The summed E-state index contributed by atoms with van der Waals surface area (Å²) in [6.45, 7) is 8.44. The first-order valence-corrected chi connectivity index (χ1v) is 4.41. The molecule has 1 atom stereocenters. The quantitative estimate of drug-likeness (QED) is 0.399. The van der Waals surface area contributed by atoms with Crippen molar-refractivity contribution in [3.8, 4) is 11.8 Å². The monoisotopic (exact) mass is 199 g/mol. The van der Waals surface area contributed by atoms with E-state index in [1.165, 1.54) is 0 Å². The van der Waals surface area contributed by atoms with Gasteiger partial charge in [-0.3, -0.25) is 5.21 Å². The van der Waals surface area contributed by atoms with Gasteiger partial charge in [-0.05, 0) is 34.6 Å². The fourth-order valence-electron chi connectivity index (χ4n) is 0.737. The number of ether oxygens (including phenoxy) is 1. The molecule has 0 radical (unpaired) electrons. The molecule has 0 saturated heterocycles. The van der Waals surface area contributed by atoms with Crippen LogP contribution in [-0.4, -0.2) is 28.0 Å². The Morgan fingerprint density at radius 3 is 2.36 bits per heavy atom. The van der Waals surface area contributed by atoms with E-state index in [9.17, 15) is 10.0 Å². The van der Waals surface area contributed by atoms with E-state index in [1.54, 1.807) is 34.6 Å². The molecule has 0 aliphatic rings. The van der Waals surface area contributed by atoms with Gasteiger partial charge in [-0.2, -0.15) is 5.06 Å². The number of carbonyl (C=O) groups excluding carboxylic acids is 1. The van der Waals surface area contributed by atoms with E-state index >= 15 is 0 Å². The second-order valence-electron chi connectivity index (χ2n) is 3.90. The molecule has 0 spiro atoms. The Bertz CT molecular complexity index is 257. The average Bonchev–Trinajstić information content (AvgIpc) is 2.00. The molecule has 0 heterocycles. The minimum Gasteiger partial charge on any atom is -0.442 e. The second-order valence-corrected chi connectivity index (χ2v) is 3.90. The van der Waals surface area contributed by atoms with Crippen molar-refractivity contribution in [2.45, 2.75) is 46.3 Å². The van der Waals surface area contributed by atoms with Crippen LogP contribution < -0.4 is 0 Å². The summed E-state index contributed by atoms with van der Waals surface area (Å²) in [4.78, 5) is 11.3. The molecule has 1 amide bonds. The van der Waals surface area contributed by atoms with Crippen LogP contribution in [0.15, 0.2) is 0 Å². The molecular weight excluding hydrogens is 182 g/mol. The minimum absolute atomic E-state index is 0.488. The number of hydroxylamine groups is 2. The Labute approximate surface area is 84.8 Å². The third-order valence-electron chi connectivity index (χ3n) is 1.30. The summed E-state index contributed by atoms with van der Waals surface area (Å²) < 4.78 is 4.94. The number of rotatable bonds is 1. The lowest BCUT2D eigenvalue weighted by Crippen LogP contribution is -2.39. The van der Waals surface area contributed by atoms with E-state index in [1.807, 2.05) is 0 Å². The molecule has 80 valence electrons. The molecule has 0 aliphatic heterocycles. The van der Waals surface area contributed by atoms with E-state index in [0.717, 1.165) is 0 Å². The van der Waals surface area contributed by atoms with Crippen LogP contribution in [0.2, 0.25) is 0 Å². The minimum atomic E-state index is -0.784. The normalized spacial score (nSPS) is 12.4. The molecular formula is C10H17NO3. The number of hydrogen-bond acceptors (Lipinski definition) is 3. The Morgan fingerprint density at radius 2 is 2.00 bits per heavy atom. The van der Waals surface area contributed by atoms with Gasteiger partial charge in [0.25, 0.3) is 0 Å². The molecule has 0 bridgehead atoms. The maximum absolute atomic E-state index is 11.3. The summed E-state index contributed by atoms with van der Waals surface area (Å²) in [6.07, 6.45) is -0.784. The first-order valence-electron chi connectivity index (χ1n) is 4.41. The van der Waals surface area contributed by atoms with Crippen molar-refractivity contribution < 1.29 is 14.7 Å². The number of amides is 1. The summed E-state index contributed by atoms with van der Waals surface area (Å²) >= 11 is 0. The van der Waals surface area contributed by atoms with Crippen molar-refractivity contribution in [3.63, 3.8) is 0 Å². The SMILES string of the molecule is CC#CC(C)N(O)C(=O)OC(C)(C)C. The van der Waals surface area contributed by atoms with Crippen LogP contribution >= 0.6 is 0 Å². The highest BCUT2D eigenvalue weighted by molar-refractivity contribution is 5.67. The van der Waals surface area contributed by atoms with Crippen LogP contribution in [0.1, 0.15) is 34.6 Å².